The third kappa shape index (κ3) is 5.91. The largest absolute Gasteiger partial charge is 0.444 e. The number of aliphatic hydroxyl groups excluding tert-OH is 1. The summed E-state index contributed by atoms with van der Waals surface area (Å²) in [5.41, 5.74) is -1.18. The number of nitrogens with zero attached hydrogens (tertiary/aromatic N) is 1. The molecule has 1 atom stereocenters. The molecule has 2 N–H and O–H groups in total. The van der Waals surface area contributed by atoms with Crippen molar-refractivity contribution in [1.29, 1.82) is 0 Å². The lowest BCUT2D eigenvalue weighted by molar-refractivity contribution is -0.128. The lowest BCUT2D eigenvalue weighted by Crippen LogP contribution is -2.52. The Morgan fingerprint density at radius 1 is 1.29 bits per heavy atom. The molecule has 1 heterocycles. The van der Waals surface area contributed by atoms with Crippen LogP contribution < -0.4 is 5.32 Å². The number of nitrogens with one attached hydrogen (secondary N) is 1. The van der Waals surface area contributed by atoms with Crippen molar-refractivity contribution in [1.82, 2.24) is 10.2 Å². The Bertz CT molecular complexity index is 388. The van der Waals surface area contributed by atoms with Crippen LogP contribution in [0.2, 0.25) is 0 Å². The molecule has 1 unspecified atom stereocenters. The van der Waals surface area contributed by atoms with E-state index in [4.69, 9.17) is 4.74 Å². The van der Waals surface area contributed by atoms with Crippen molar-refractivity contribution in [2.75, 3.05) is 19.7 Å². The first kappa shape index (κ1) is 17.8. The van der Waals surface area contributed by atoms with Gasteiger partial charge in [-0.1, -0.05) is 0 Å². The second-order valence-electron chi connectivity index (χ2n) is 7.30. The van der Waals surface area contributed by atoms with Gasteiger partial charge in [-0.3, -0.25) is 4.79 Å². The highest BCUT2D eigenvalue weighted by Gasteiger charge is 2.32. The summed E-state index contributed by atoms with van der Waals surface area (Å²) in [6.45, 7) is 9.85. The van der Waals surface area contributed by atoms with E-state index in [1.54, 1.807) is 18.7 Å². The molecule has 1 saturated heterocycles. The van der Waals surface area contributed by atoms with E-state index in [0.717, 1.165) is 12.8 Å². The van der Waals surface area contributed by atoms with Gasteiger partial charge in [0.2, 0.25) is 5.91 Å². The van der Waals surface area contributed by atoms with Gasteiger partial charge >= 0.3 is 6.09 Å². The van der Waals surface area contributed by atoms with Crippen LogP contribution in [0.15, 0.2) is 0 Å². The summed E-state index contributed by atoms with van der Waals surface area (Å²) in [5, 5.41) is 12.0. The molecule has 0 saturated carbocycles. The molecule has 6 heteroatoms. The lowest BCUT2D eigenvalue weighted by atomic mass is 9.95. The number of ether oxygens (including phenoxy) is 1. The number of rotatable bonds is 3. The maximum Gasteiger partial charge on any atom is 0.410 e. The van der Waals surface area contributed by atoms with Crippen LogP contribution in [-0.4, -0.2) is 52.8 Å². The monoisotopic (exact) mass is 300 g/mol. The first-order valence-corrected chi connectivity index (χ1v) is 7.45. The molecule has 0 spiro atoms. The molecule has 6 nitrogen and oxygen atoms in total. The number of amides is 2. The Balaban J connectivity index is 2.60. The highest BCUT2D eigenvalue weighted by atomic mass is 16.6. The zero-order chi connectivity index (χ0) is 16.3. The Labute approximate surface area is 126 Å². The van der Waals surface area contributed by atoms with Crippen molar-refractivity contribution in [3.8, 4) is 0 Å². The number of piperidine rings is 1. The molecule has 2 amide bonds. The van der Waals surface area contributed by atoms with Gasteiger partial charge in [-0.05, 0) is 47.5 Å². The van der Waals surface area contributed by atoms with E-state index in [9.17, 15) is 14.7 Å². The second kappa shape index (κ2) is 6.64. The molecule has 0 bridgehead atoms. The van der Waals surface area contributed by atoms with Crippen LogP contribution >= 0.6 is 0 Å². The fourth-order valence-electron chi connectivity index (χ4n) is 2.16. The Morgan fingerprint density at radius 2 is 1.90 bits per heavy atom. The number of carbonyl (C=O) groups is 2. The zero-order valence-corrected chi connectivity index (χ0v) is 13.7. The lowest BCUT2D eigenvalue weighted by Gasteiger charge is -2.35. The minimum absolute atomic E-state index is 0.123. The number of carbonyl (C=O) groups excluding carboxylic acids is 2. The van der Waals surface area contributed by atoms with E-state index < -0.39 is 11.1 Å². The first-order chi connectivity index (χ1) is 9.54. The zero-order valence-electron chi connectivity index (χ0n) is 13.7. The number of hydrogen-bond donors (Lipinski definition) is 2. The van der Waals surface area contributed by atoms with Crippen LogP contribution in [0, 0.1) is 5.92 Å². The second-order valence-corrected chi connectivity index (χ2v) is 7.30. The molecule has 0 aliphatic carbocycles. The molecule has 0 aromatic heterocycles. The van der Waals surface area contributed by atoms with Crippen LogP contribution in [0.1, 0.15) is 47.5 Å². The molecule has 1 rings (SSSR count). The predicted molar refractivity (Wildman–Crippen MR) is 79.8 cm³/mol. The van der Waals surface area contributed by atoms with Crippen LogP contribution in [0.3, 0.4) is 0 Å². The smallest absolute Gasteiger partial charge is 0.410 e. The van der Waals surface area contributed by atoms with Crippen molar-refractivity contribution < 1.29 is 19.4 Å². The van der Waals surface area contributed by atoms with Gasteiger partial charge in [-0.15, -0.1) is 0 Å². The Morgan fingerprint density at radius 3 is 2.43 bits per heavy atom. The summed E-state index contributed by atoms with van der Waals surface area (Å²) in [6.07, 6.45) is 1.14. The first-order valence-electron chi connectivity index (χ1n) is 7.45. The van der Waals surface area contributed by atoms with Gasteiger partial charge in [-0.25, -0.2) is 4.79 Å². The van der Waals surface area contributed by atoms with E-state index in [0.29, 0.717) is 13.1 Å². The summed E-state index contributed by atoms with van der Waals surface area (Å²) in [6, 6.07) is 0. The summed E-state index contributed by atoms with van der Waals surface area (Å²) >= 11 is 0. The molecule has 0 aromatic rings. The molecule has 1 aliphatic heterocycles. The normalized spacial score (nSPS) is 20.1. The van der Waals surface area contributed by atoms with E-state index in [1.165, 1.54) is 0 Å². The van der Waals surface area contributed by atoms with Gasteiger partial charge in [0.1, 0.15) is 5.60 Å². The fraction of sp³-hybridized carbons (Fsp3) is 0.867. The van der Waals surface area contributed by atoms with Crippen LogP contribution in [0.4, 0.5) is 4.79 Å². The highest BCUT2D eigenvalue weighted by molar-refractivity contribution is 5.80. The maximum atomic E-state index is 12.2. The van der Waals surface area contributed by atoms with Gasteiger partial charge in [0.15, 0.2) is 0 Å². The van der Waals surface area contributed by atoms with Crippen molar-refractivity contribution in [2.24, 2.45) is 5.92 Å². The summed E-state index contributed by atoms with van der Waals surface area (Å²) in [5.74, 6) is -0.376. The van der Waals surface area contributed by atoms with Gasteiger partial charge in [-0.2, -0.15) is 0 Å². The van der Waals surface area contributed by atoms with Crippen molar-refractivity contribution >= 4 is 12.0 Å². The standard InChI is InChI=1S/C15H28N2O4/c1-14(2,3)21-13(20)17-8-6-7-11(9-17)12(19)16-15(4,5)10-18/h11,18H,6-10H2,1-5H3,(H,16,19). The molecule has 122 valence electrons. The van der Waals surface area contributed by atoms with Gasteiger partial charge < -0.3 is 20.1 Å². The number of hydrogen-bond acceptors (Lipinski definition) is 4. The third-order valence-electron chi connectivity index (χ3n) is 3.30. The molecule has 21 heavy (non-hydrogen) atoms. The van der Waals surface area contributed by atoms with Crippen molar-refractivity contribution in [2.45, 2.75) is 58.6 Å². The van der Waals surface area contributed by atoms with Crippen molar-refractivity contribution in [3.63, 3.8) is 0 Å². The topological polar surface area (TPSA) is 78.9 Å². The average molecular weight is 300 g/mol. The van der Waals surface area contributed by atoms with Crippen molar-refractivity contribution in [3.05, 3.63) is 0 Å². The molecule has 1 fully saturated rings. The molecule has 0 aromatic carbocycles. The third-order valence-corrected chi connectivity index (χ3v) is 3.30. The summed E-state index contributed by atoms with van der Waals surface area (Å²) < 4.78 is 5.34. The van der Waals surface area contributed by atoms with Crippen LogP contribution in [0.25, 0.3) is 0 Å². The van der Waals surface area contributed by atoms with Gasteiger partial charge in [0.25, 0.3) is 0 Å². The molecular formula is C15H28N2O4. The van der Waals surface area contributed by atoms with E-state index in [-0.39, 0.29) is 24.5 Å². The number of aliphatic hydroxyl groups is 1. The highest BCUT2D eigenvalue weighted by Crippen LogP contribution is 2.20. The molecular weight excluding hydrogens is 272 g/mol. The van der Waals surface area contributed by atoms with Gasteiger partial charge in [0.05, 0.1) is 18.1 Å². The molecule has 1 aliphatic rings. The van der Waals surface area contributed by atoms with E-state index in [2.05, 4.69) is 5.32 Å². The maximum absolute atomic E-state index is 12.2. The average Bonchev–Trinajstić information content (AvgIpc) is 2.36. The SMILES string of the molecule is CC(C)(CO)NC(=O)C1CCCN(C(=O)OC(C)(C)C)C1. The fourth-order valence-corrected chi connectivity index (χ4v) is 2.16. The summed E-state index contributed by atoms with van der Waals surface area (Å²) in [7, 11) is 0. The minimum atomic E-state index is -0.648. The van der Waals surface area contributed by atoms with Crippen LogP contribution in [0.5, 0.6) is 0 Å². The van der Waals surface area contributed by atoms with E-state index in [1.807, 2.05) is 20.8 Å². The van der Waals surface area contributed by atoms with Crippen LogP contribution in [-0.2, 0) is 9.53 Å². The Kier molecular flexibility index (Phi) is 5.61. The predicted octanol–water partition coefficient (Wildman–Crippen LogP) is 1.52. The van der Waals surface area contributed by atoms with E-state index >= 15 is 0 Å². The summed E-state index contributed by atoms with van der Waals surface area (Å²) in [4.78, 5) is 25.9. The van der Waals surface area contributed by atoms with Gasteiger partial charge in [0, 0.05) is 13.1 Å². The number of likely N-dealkylation sites (tertiary alicyclic amines) is 1. The quantitative estimate of drug-likeness (QED) is 0.828. The molecule has 0 radical (unpaired) electrons. The Hall–Kier alpha value is -1.30. The minimum Gasteiger partial charge on any atom is -0.444 e.